The van der Waals surface area contributed by atoms with Gasteiger partial charge >= 0.3 is 6.09 Å². The van der Waals surface area contributed by atoms with Gasteiger partial charge < -0.3 is 25.0 Å². The smallest absolute Gasteiger partial charge is 0.409 e. The van der Waals surface area contributed by atoms with E-state index in [0.29, 0.717) is 24.7 Å². The molecule has 0 radical (unpaired) electrons. The van der Waals surface area contributed by atoms with Gasteiger partial charge in [-0.2, -0.15) is 0 Å². The van der Waals surface area contributed by atoms with Crippen molar-refractivity contribution in [1.29, 1.82) is 0 Å². The van der Waals surface area contributed by atoms with E-state index in [1.54, 1.807) is 17.0 Å². The summed E-state index contributed by atoms with van der Waals surface area (Å²) < 4.78 is 10.6. The Morgan fingerprint density at radius 3 is 2.59 bits per heavy atom. The van der Waals surface area contributed by atoms with Crippen LogP contribution in [0.1, 0.15) is 26.7 Å². The Bertz CT molecular complexity index is 616. The Morgan fingerprint density at radius 1 is 1.33 bits per heavy atom. The van der Waals surface area contributed by atoms with E-state index in [9.17, 15) is 4.79 Å². The van der Waals surface area contributed by atoms with E-state index in [4.69, 9.17) is 21.1 Å². The van der Waals surface area contributed by atoms with Crippen LogP contribution in [0.2, 0.25) is 5.02 Å². The summed E-state index contributed by atoms with van der Waals surface area (Å²) in [7, 11) is 1.41. The highest BCUT2D eigenvalue weighted by atomic mass is 35.5. The van der Waals surface area contributed by atoms with E-state index in [2.05, 4.69) is 15.6 Å². The fraction of sp³-hybridized carbons (Fsp3) is 0.579. The maximum atomic E-state index is 11.6. The largest absolute Gasteiger partial charge is 0.489 e. The lowest BCUT2D eigenvalue weighted by molar-refractivity contribution is 0.111. The molecule has 1 aliphatic rings. The minimum Gasteiger partial charge on any atom is -0.489 e. The maximum absolute atomic E-state index is 11.6. The third-order valence-corrected chi connectivity index (χ3v) is 4.52. The van der Waals surface area contributed by atoms with E-state index in [0.717, 1.165) is 31.1 Å². The van der Waals surface area contributed by atoms with Crippen molar-refractivity contribution in [1.82, 2.24) is 15.5 Å². The van der Waals surface area contributed by atoms with Crippen LogP contribution < -0.4 is 15.4 Å². The number of halogens is 1. The molecule has 1 amide bonds. The van der Waals surface area contributed by atoms with Crippen molar-refractivity contribution in [3.63, 3.8) is 0 Å². The molecule has 0 bridgehead atoms. The Balaban J connectivity index is 1.83. The minimum absolute atomic E-state index is 0.0668. The third kappa shape index (κ3) is 7.17. The molecule has 1 aromatic carbocycles. The molecule has 1 heterocycles. The number of rotatable bonds is 6. The molecule has 1 aliphatic heterocycles. The average molecular weight is 397 g/mol. The Hall–Kier alpha value is -2.15. The van der Waals surface area contributed by atoms with E-state index < -0.39 is 0 Å². The normalized spacial score (nSPS) is 16.6. The number of aliphatic imine (C=N–C) groups is 1. The molecule has 27 heavy (non-hydrogen) atoms. The number of methoxy groups -OCH3 is 1. The molecular weight excluding hydrogens is 368 g/mol. The molecule has 0 spiro atoms. The molecule has 1 atom stereocenters. The summed E-state index contributed by atoms with van der Waals surface area (Å²) in [4.78, 5) is 17.9. The van der Waals surface area contributed by atoms with Gasteiger partial charge in [-0.3, -0.25) is 0 Å². The Kier molecular flexibility index (Phi) is 8.51. The first-order valence-electron chi connectivity index (χ1n) is 9.31. The first kappa shape index (κ1) is 21.2. The van der Waals surface area contributed by atoms with Crippen LogP contribution in [0.4, 0.5) is 4.79 Å². The zero-order chi connectivity index (χ0) is 19.6. The Morgan fingerprint density at radius 2 is 2.00 bits per heavy atom. The Labute approximate surface area is 166 Å². The second-order valence-electron chi connectivity index (χ2n) is 6.48. The van der Waals surface area contributed by atoms with E-state index in [-0.39, 0.29) is 18.2 Å². The minimum atomic E-state index is -0.262. The first-order valence-corrected chi connectivity index (χ1v) is 9.69. The van der Waals surface area contributed by atoms with Crippen LogP contribution in [0.15, 0.2) is 29.3 Å². The number of carbonyl (C=O) groups excluding carboxylic acids is 1. The topological polar surface area (TPSA) is 75.2 Å². The predicted molar refractivity (Wildman–Crippen MR) is 108 cm³/mol. The zero-order valence-corrected chi connectivity index (χ0v) is 17.0. The first-order chi connectivity index (χ1) is 13.0. The molecule has 0 aliphatic carbocycles. The molecule has 2 rings (SSSR count). The highest BCUT2D eigenvalue weighted by molar-refractivity contribution is 6.30. The molecule has 2 N–H and O–H groups in total. The van der Waals surface area contributed by atoms with E-state index in [1.165, 1.54) is 7.11 Å². The summed E-state index contributed by atoms with van der Waals surface area (Å²) in [6.45, 7) is 6.68. The summed E-state index contributed by atoms with van der Waals surface area (Å²) in [5.41, 5.74) is 0. The number of amides is 1. The van der Waals surface area contributed by atoms with Gasteiger partial charge in [-0.05, 0) is 51.0 Å². The van der Waals surface area contributed by atoms with Crippen molar-refractivity contribution >= 4 is 23.7 Å². The lowest BCUT2D eigenvalue weighted by atomic mass is 10.1. The number of guanidine groups is 1. The van der Waals surface area contributed by atoms with Crippen LogP contribution in [0.25, 0.3) is 0 Å². The SMILES string of the molecule is CCNC(=NCC(C)Oc1ccc(Cl)cc1)NC1CCN(C(=O)OC)CC1. The van der Waals surface area contributed by atoms with Crippen molar-refractivity contribution in [2.75, 3.05) is 33.3 Å². The fourth-order valence-corrected chi connectivity index (χ4v) is 2.98. The van der Waals surface area contributed by atoms with Crippen LogP contribution in [0, 0.1) is 0 Å². The number of hydrogen-bond donors (Lipinski definition) is 2. The molecule has 0 saturated carbocycles. The summed E-state index contributed by atoms with van der Waals surface area (Å²) in [5, 5.41) is 7.40. The standard InChI is InChI=1S/C19H29ClN4O3/c1-4-21-18(23-16-9-11-24(12-10-16)19(25)26-3)22-13-14(2)27-17-7-5-15(20)6-8-17/h5-8,14,16H,4,9-13H2,1-3H3,(H2,21,22,23). The van der Waals surface area contributed by atoms with Crippen molar-refractivity contribution in [3.05, 3.63) is 29.3 Å². The predicted octanol–water partition coefficient (Wildman–Crippen LogP) is 2.89. The van der Waals surface area contributed by atoms with Crippen LogP contribution in [-0.4, -0.2) is 62.4 Å². The zero-order valence-electron chi connectivity index (χ0n) is 16.2. The average Bonchev–Trinajstić information content (AvgIpc) is 2.68. The third-order valence-electron chi connectivity index (χ3n) is 4.27. The molecule has 1 aromatic rings. The second kappa shape index (κ2) is 10.9. The number of nitrogens with zero attached hydrogens (tertiary/aromatic N) is 2. The van der Waals surface area contributed by atoms with Gasteiger partial charge in [0, 0.05) is 30.7 Å². The van der Waals surface area contributed by atoms with Gasteiger partial charge in [0.1, 0.15) is 11.9 Å². The van der Waals surface area contributed by atoms with Crippen molar-refractivity contribution < 1.29 is 14.3 Å². The van der Waals surface area contributed by atoms with E-state index >= 15 is 0 Å². The lowest BCUT2D eigenvalue weighted by Crippen LogP contribution is -2.50. The monoisotopic (exact) mass is 396 g/mol. The number of likely N-dealkylation sites (tertiary alicyclic amines) is 1. The number of benzene rings is 1. The van der Waals surface area contributed by atoms with Crippen molar-refractivity contribution in [2.24, 2.45) is 4.99 Å². The molecule has 0 aromatic heterocycles. The molecule has 1 fully saturated rings. The summed E-state index contributed by atoms with van der Waals surface area (Å²) in [6.07, 6.45) is 1.39. The molecule has 1 saturated heterocycles. The van der Waals surface area contributed by atoms with Gasteiger partial charge in [0.2, 0.25) is 0 Å². The molecule has 1 unspecified atom stereocenters. The quantitative estimate of drug-likeness (QED) is 0.571. The van der Waals surface area contributed by atoms with Gasteiger partial charge in [0.15, 0.2) is 5.96 Å². The molecule has 150 valence electrons. The number of nitrogens with one attached hydrogen (secondary N) is 2. The number of piperidine rings is 1. The van der Waals surface area contributed by atoms with Crippen LogP contribution in [0.5, 0.6) is 5.75 Å². The summed E-state index contributed by atoms with van der Waals surface area (Å²) in [6, 6.07) is 7.58. The highest BCUT2D eigenvalue weighted by Gasteiger charge is 2.23. The number of hydrogen-bond acceptors (Lipinski definition) is 4. The molecular formula is C19H29ClN4O3. The van der Waals surface area contributed by atoms with Crippen LogP contribution in [0.3, 0.4) is 0 Å². The highest BCUT2D eigenvalue weighted by Crippen LogP contribution is 2.17. The van der Waals surface area contributed by atoms with Gasteiger partial charge in [0.05, 0.1) is 13.7 Å². The lowest BCUT2D eigenvalue weighted by Gasteiger charge is -2.32. The van der Waals surface area contributed by atoms with Crippen molar-refractivity contribution in [3.8, 4) is 5.75 Å². The fourth-order valence-electron chi connectivity index (χ4n) is 2.85. The van der Waals surface area contributed by atoms with E-state index in [1.807, 2.05) is 26.0 Å². The number of carbonyl (C=O) groups is 1. The molecule has 8 heteroatoms. The van der Waals surface area contributed by atoms with Crippen molar-refractivity contribution in [2.45, 2.75) is 38.8 Å². The van der Waals surface area contributed by atoms with Gasteiger partial charge in [-0.15, -0.1) is 0 Å². The van der Waals surface area contributed by atoms with Crippen LogP contribution in [-0.2, 0) is 4.74 Å². The van der Waals surface area contributed by atoms with Crippen LogP contribution >= 0.6 is 11.6 Å². The second-order valence-corrected chi connectivity index (χ2v) is 6.91. The number of ether oxygens (including phenoxy) is 2. The summed E-state index contributed by atoms with van der Waals surface area (Å²) >= 11 is 5.89. The maximum Gasteiger partial charge on any atom is 0.409 e. The van der Waals surface area contributed by atoms with Gasteiger partial charge in [0.25, 0.3) is 0 Å². The summed E-state index contributed by atoms with van der Waals surface area (Å²) in [5.74, 6) is 1.54. The van der Waals surface area contributed by atoms with Gasteiger partial charge in [-0.1, -0.05) is 11.6 Å². The molecule has 7 nitrogen and oxygen atoms in total. The van der Waals surface area contributed by atoms with Gasteiger partial charge in [-0.25, -0.2) is 9.79 Å².